The molecule has 1 heterocycles. The van der Waals surface area contributed by atoms with Crippen molar-refractivity contribution in [1.29, 1.82) is 0 Å². The molecule has 0 bridgehead atoms. The molecule has 0 aromatic carbocycles. The molecular weight excluding hydrogens is 264 g/mol. The van der Waals surface area contributed by atoms with E-state index in [1.165, 1.54) is 6.92 Å². The molecule has 4 nitrogen and oxygen atoms in total. The Labute approximate surface area is 129 Å². The van der Waals surface area contributed by atoms with E-state index < -0.39 is 5.41 Å². The summed E-state index contributed by atoms with van der Waals surface area (Å²) in [6.45, 7) is 20.2. The Hall–Kier alpha value is -1.06. The highest BCUT2D eigenvalue weighted by molar-refractivity contribution is 5.90. The zero-order valence-electron chi connectivity index (χ0n) is 15.4. The number of amides is 2. The monoisotopic (exact) mass is 296 g/mol. The molecule has 4 heteroatoms. The summed E-state index contributed by atoms with van der Waals surface area (Å²) in [5.74, 6) is 0.227. The molecule has 1 aliphatic heterocycles. The van der Waals surface area contributed by atoms with Crippen molar-refractivity contribution in [2.75, 3.05) is 0 Å². The molecule has 1 unspecified atom stereocenters. The third-order valence-electron chi connectivity index (χ3n) is 5.23. The van der Waals surface area contributed by atoms with Gasteiger partial charge in [-0.15, -0.1) is 0 Å². The average Bonchev–Trinajstić information content (AvgIpc) is 2.98. The highest BCUT2D eigenvalue weighted by Gasteiger charge is 2.62. The standard InChI is InChI=1S/C17H32N2O2/c1-11(2)13-18(12(3)20)19(13)14(21)17(10,15(4,5)6)16(7,8)9/h11,13H,1-10H3. The molecule has 0 N–H and O–H groups in total. The molecule has 122 valence electrons. The Kier molecular flexibility index (Phi) is 4.28. The average molecular weight is 296 g/mol. The molecule has 1 aliphatic rings. The summed E-state index contributed by atoms with van der Waals surface area (Å²) in [6, 6.07) is 0. The van der Waals surface area contributed by atoms with Gasteiger partial charge in [0.25, 0.3) is 0 Å². The van der Waals surface area contributed by atoms with Gasteiger partial charge in [0.15, 0.2) is 0 Å². The summed E-state index contributed by atoms with van der Waals surface area (Å²) in [6.07, 6.45) is -0.0981. The van der Waals surface area contributed by atoms with E-state index in [0.717, 1.165) is 0 Å². The van der Waals surface area contributed by atoms with Crippen LogP contribution in [0.1, 0.15) is 69.2 Å². The smallest absolute Gasteiger partial charge is 0.250 e. The van der Waals surface area contributed by atoms with Gasteiger partial charge in [0.1, 0.15) is 6.17 Å². The van der Waals surface area contributed by atoms with Crippen molar-refractivity contribution in [2.45, 2.75) is 75.4 Å². The third kappa shape index (κ3) is 2.69. The summed E-state index contributed by atoms with van der Waals surface area (Å²) in [7, 11) is 0. The quantitative estimate of drug-likeness (QED) is 0.729. The Balaban J connectivity index is 3.25. The van der Waals surface area contributed by atoms with E-state index in [4.69, 9.17) is 0 Å². The summed E-state index contributed by atoms with van der Waals surface area (Å²) in [4.78, 5) is 25.1. The first-order valence-corrected chi connectivity index (χ1v) is 7.81. The zero-order valence-corrected chi connectivity index (χ0v) is 15.4. The molecule has 1 fully saturated rings. The fourth-order valence-electron chi connectivity index (χ4n) is 3.30. The lowest BCUT2D eigenvalue weighted by Crippen LogP contribution is -2.53. The molecule has 1 saturated heterocycles. The van der Waals surface area contributed by atoms with Gasteiger partial charge in [0, 0.05) is 6.92 Å². The molecule has 0 aliphatic carbocycles. The lowest BCUT2D eigenvalue weighted by atomic mass is 9.54. The topological polar surface area (TPSA) is 40.2 Å². The maximum atomic E-state index is 13.3. The molecule has 0 radical (unpaired) electrons. The normalized spacial score (nSPS) is 20.0. The van der Waals surface area contributed by atoms with Gasteiger partial charge in [-0.2, -0.15) is 0 Å². The first-order chi connectivity index (χ1) is 9.18. The van der Waals surface area contributed by atoms with Crippen LogP contribution >= 0.6 is 0 Å². The maximum absolute atomic E-state index is 13.3. The predicted molar refractivity (Wildman–Crippen MR) is 85.0 cm³/mol. The predicted octanol–water partition coefficient (Wildman–Crippen LogP) is 3.67. The Morgan fingerprint density at radius 1 is 0.857 bits per heavy atom. The largest absolute Gasteiger partial charge is 0.273 e. The van der Waals surface area contributed by atoms with E-state index in [0.29, 0.717) is 0 Å². The van der Waals surface area contributed by atoms with Crippen LogP contribution in [0.15, 0.2) is 0 Å². The lowest BCUT2D eigenvalue weighted by Gasteiger charge is -2.49. The van der Waals surface area contributed by atoms with Crippen LogP contribution in [0, 0.1) is 22.2 Å². The number of hydrogen-bond acceptors (Lipinski definition) is 2. The van der Waals surface area contributed by atoms with E-state index in [1.807, 2.05) is 20.8 Å². The van der Waals surface area contributed by atoms with Crippen LogP contribution in [0.25, 0.3) is 0 Å². The van der Waals surface area contributed by atoms with Gasteiger partial charge < -0.3 is 0 Å². The molecule has 2 amide bonds. The second-order valence-corrected chi connectivity index (χ2v) is 8.80. The number of nitrogens with zero attached hydrogens (tertiary/aromatic N) is 2. The maximum Gasteiger partial charge on any atom is 0.250 e. The van der Waals surface area contributed by atoms with Crippen LogP contribution in [0.2, 0.25) is 0 Å². The molecule has 1 atom stereocenters. The Morgan fingerprint density at radius 2 is 1.24 bits per heavy atom. The Bertz CT molecular complexity index is 427. The van der Waals surface area contributed by atoms with Crippen molar-refractivity contribution in [3.05, 3.63) is 0 Å². The van der Waals surface area contributed by atoms with Crippen molar-refractivity contribution in [3.8, 4) is 0 Å². The SMILES string of the molecule is CC(=O)N1C(C(C)C)N1C(=O)C(C)(C(C)(C)C)C(C)(C)C. The van der Waals surface area contributed by atoms with Crippen LogP contribution in [0.4, 0.5) is 0 Å². The van der Waals surface area contributed by atoms with Gasteiger partial charge in [0.05, 0.1) is 5.41 Å². The molecule has 21 heavy (non-hydrogen) atoms. The fourth-order valence-corrected chi connectivity index (χ4v) is 3.30. The van der Waals surface area contributed by atoms with Crippen LogP contribution in [-0.4, -0.2) is 28.0 Å². The highest BCUT2D eigenvalue weighted by Crippen LogP contribution is 2.54. The first kappa shape index (κ1) is 18.0. The van der Waals surface area contributed by atoms with Crippen LogP contribution in [0.3, 0.4) is 0 Å². The van der Waals surface area contributed by atoms with Crippen molar-refractivity contribution < 1.29 is 9.59 Å². The molecule has 1 rings (SSSR count). The number of hydrogen-bond donors (Lipinski definition) is 0. The van der Waals surface area contributed by atoms with E-state index in [9.17, 15) is 9.59 Å². The third-order valence-corrected chi connectivity index (χ3v) is 5.23. The summed E-state index contributed by atoms with van der Waals surface area (Å²) in [5, 5.41) is 3.27. The van der Waals surface area contributed by atoms with Crippen LogP contribution in [-0.2, 0) is 9.59 Å². The van der Waals surface area contributed by atoms with Crippen LogP contribution in [0.5, 0.6) is 0 Å². The number of carbonyl (C=O) groups excluding carboxylic acids is 2. The minimum atomic E-state index is -0.558. The van der Waals surface area contributed by atoms with E-state index in [2.05, 4.69) is 41.5 Å². The molecule has 0 spiro atoms. The summed E-state index contributed by atoms with van der Waals surface area (Å²) >= 11 is 0. The Morgan fingerprint density at radius 3 is 1.43 bits per heavy atom. The molecular formula is C17H32N2O2. The van der Waals surface area contributed by atoms with Gasteiger partial charge in [-0.1, -0.05) is 55.4 Å². The summed E-state index contributed by atoms with van der Waals surface area (Å²) < 4.78 is 0. The second kappa shape index (κ2) is 4.99. The van der Waals surface area contributed by atoms with Crippen molar-refractivity contribution in [3.63, 3.8) is 0 Å². The lowest BCUT2D eigenvalue weighted by molar-refractivity contribution is -0.158. The van der Waals surface area contributed by atoms with E-state index in [-0.39, 0.29) is 34.7 Å². The molecule has 0 saturated carbocycles. The van der Waals surface area contributed by atoms with Gasteiger partial charge in [-0.25, -0.2) is 10.0 Å². The van der Waals surface area contributed by atoms with E-state index >= 15 is 0 Å². The molecule has 0 aromatic heterocycles. The van der Waals surface area contributed by atoms with Crippen molar-refractivity contribution in [1.82, 2.24) is 10.0 Å². The van der Waals surface area contributed by atoms with Crippen molar-refractivity contribution in [2.24, 2.45) is 22.2 Å². The van der Waals surface area contributed by atoms with Gasteiger partial charge >= 0.3 is 0 Å². The minimum absolute atomic E-state index is 0.0522. The fraction of sp³-hybridized carbons (Fsp3) is 0.882. The zero-order chi connectivity index (χ0) is 17.0. The van der Waals surface area contributed by atoms with E-state index in [1.54, 1.807) is 10.0 Å². The molecule has 0 aromatic rings. The second-order valence-electron chi connectivity index (χ2n) is 8.80. The highest BCUT2D eigenvalue weighted by atomic mass is 16.2. The first-order valence-electron chi connectivity index (χ1n) is 7.81. The van der Waals surface area contributed by atoms with Gasteiger partial charge in [0.2, 0.25) is 11.8 Å². The van der Waals surface area contributed by atoms with Gasteiger partial charge in [-0.3, -0.25) is 9.59 Å². The summed E-state index contributed by atoms with van der Waals surface area (Å²) in [5.41, 5.74) is -0.957. The minimum Gasteiger partial charge on any atom is -0.273 e. The number of rotatable bonds is 2. The van der Waals surface area contributed by atoms with Crippen molar-refractivity contribution >= 4 is 11.8 Å². The van der Waals surface area contributed by atoms with Gasteiger partial charge in [-0.05, 0) is 23.7 Å². The number of carbonyl (C=O) groups is 2. The van der Waals surface area contributed by atoms with Crippen LogP contribution < -0.4 is 0 Å². The number of hydrazine groups is 1.